The van der Waals surface area contributed by atoms with Gasteiger partial charge >= 0.3 is 0 Å². The van der Waals surface area contributed by atoms with Gasteiger partial charge in [0.25, 0.3) is 0 Å². The van der Waals surface area contributed by atoms with Crippen LogP contribution in [0.1, 0.15) is 25.0 Å². The molecule has 1 aromatic carbocycles. The van der Waals surface area contributed by atoms with Crippen LogP contribution < -0.4 is 0 Å². The van der Waals surface area contributed by atoms with E-state index in [0.29, 0.717) is 0 Å². The van der Waals surface area contributed by atoms with Crippen LogP contribution in [0.4, 0.5) is 0 Å². The Morgan fingerprint density at radius 3 is 2.38 bits per heavy atom. The molecule has 3 atom stereocenters. The van der Waals surface area contributed by atoms with Gasteiger partial charge in [-0.05, 0) is 37.1 Å². The summed E-state index contributed by atoms with van der Waals surface area (Å²) in [4.78, 5) is 11.0. The van der Waals surface area contributed by atoms with Crippen molar-refractivity contribution in [3.63, 3.8) is 0 Å². The van der Waals surface area contributed by atoms with Gasteiger partial charge in [0.15, 0.2) is 5.60 Å². The zero-order valence-electron chi connectivity index (χ0n) is 9.24. The van der Waals surface area contributed by atoms with Gasteiger partial charge < -0.3 is 0 Å². The van der Waals surface area contributed by atoms with Crippen LogP contribution in [0.2, 0.25) is 0 Å². The van der Waals surface area contributed by atoms with E-state index in [1.807, 2.05) is 38.1 Å². The van der Waals surface area contributed by atoms with Gasteiger partial charge in [0.05, 0.1) is 5.38 Å². The van der Waals surface area contributed by atoms with Crippen LogP contribution in [-0.2, 0) is 21.0 Å². The monoisotopic (exact) mass is 236 g/mol. The smallest absolute Gasteiger partial charge is 0.163 e. The molecule has 0 amide bonds. The van der Waals surface area contributed by atoms with E-state index in [1.165, 1.54) is 0 Å². The molecule has 3 aliphatic rings. The second-order valence-corrected chi connectivity index (χ2v) is 5.22. The van der Waals surface area contributed by atoms with Crippen molar-refractivity contribution in [2.75, 3.05) is 0 Å². The molecule has 0 N–H and O–H groups in total. The van der Waals surface area contributed by atoms with Crippen molar-refractivity contribution < 1.29 is 9.78 Å². The average Bonchev–Trinajstić information content (AvgIpc) is 2.30. The quantitative estimate of drug-likeness (QED) is 0.423. The number of hydrogen-bond acceptors (Lipinski definition) is 2. The maximum Gasteiger partial charge on any atom is 0.163 e. The largest absolute Gasteiger partial charge is 0.220 e. The molecule has 4 rings (SSSR count). The predicted molar refractivity (Wildman–Crippen MR) is 62.1 cm³/mol. The van der Waals surface area contributed by atoms with Crippen molar-refractivity contribution in [3.8, 4) is 0 Å². The Labute approximate surface area is 99.7 Å². The first kappa shape index (κ1) is 10.3. The van der Waals surface area contributed by atoms with Gasteiger partial charge in [-0.3, -0.25) is 0 Å². The van der Waals surface area contributed by atoms with Gasteiger partial charge in [-0.15, -0.1) is 11.6 Å². The molecule has 1 aliphatic carbocycles. The summed E-state index contributed by atoms with van der Waals surface area (Å²) in [6.45, 7) is 3.91. The summed E-state index contributed by atoms with van der Waals surface area (Å²) in [5.74, 6) is 0. The van der Waals surface area contributed by atoms with Crippen molar-refractivity contribution in [1.82, 2.24) is 0 Å². The van der Waals surface area contributed by atoms with E-state index in [0.717, 1.165) is 11.1 Å². The van der Waals surface area contributed by atoms with Gasteiger partial charge in [-0.1, -0.05) is 24.3 Å². The fraction of sp³-hybridized carbons (Fsp3) is 0.385. The molecule has 3 heteroatoms. The Kier molecular flexibility index (Phi) is 2.00. The molecule has 0 radical (unpaired) electrons. The molecule has 1 aromatic rings. The number of fused-ring (bicyclic) bond motifs is 1. The average molecular weight is 237 g/mol. The second-order valence-electron chi connectivity index (χ2n) is 4.56. The van der Waals surface area contributed by atoms with Crippen LogP contribution in [0.25, 0.3) is 0 Å². The predicted octanol–water partition coefficient (Wildman–Crippen LogP) is 3.26. The first-order chi connectivity index (χ1) is 7.58. The lowest BCUT2D eigenvalue weighted by atomic mass is 9.75. The van der Waals surface area contributed by atoms with Gasteiger partial charge in [-0.2, -0.15) is 0 Å². The third kappa shape index (κ3) is 1.10. The first-order valence-electron chi connectivity index (χ1n) is 5.40. The van der Waals surface area contributed by atoms with Crippen molar-refractivity contribution in [1.29, 1.82) is 0 Å². The minimum absolute atomic E-state index is 0.185. The summed E-state index contributed by atoms with van der Waals surface area (Å²) in [7, 11) is 0. The molecule has 0 saturated heterocycles. The molecule has 0 saturated carbocycles. The molecule has 2 aliphatic heterocycles. The van der Waals surface area contributed by atoms with Gasteiger partial charge in [-0.25, -0.2) is 9.78 Å². The Balaban J connectivity index is 2.29. The van der Waals surface area contributed by atoms with E-state index >= 15 is 0 Å². The lowest BCUT2D eigenvalue weighted by Crippen LogP contribution is -2.49. The number of rotatable bonds is 1. The zero-order chi connectivity index (χ0) is 11.4. The van der Waals surface area contributed by atoms with E-state index < -0.39 is 11.2 Å². The van der Waals surface area contributed by atoms with E-state index in [2.05, 4.69) is 12.1 Å². The van der Waals surface area contributed by atoms with Gasteiger partial charge in [0, 0.05) is 0 Å². The minimum Gasteiger partial charge on any atom is -0.220 e. The van der Waals surface area contributed by atoms with Crippen LogP contribution in [0.5, 0.6) is 0 Å². The Morgan fingerprint density at radius 2 is 1.81 bits per heavy atom. The number of benzene rings is 1. The summed E-state index contributed by atoms with van der Waals surface area (Å²) in [6, 6.07) is 8.13. The fourth-order valence-corrected chi connectivity index (χ4v) is 2.66. The highest BCUT2D eigenvalue weighted by Crippen LogP contribution is 2.51. The van der Waals surface area contributed by atoms with E-state index in [-0.39, 0.29) is 5.38 Å². The van der Waals surface area contributed by atoms with Crippen LogP contribution in [0, 0.1) is 0 Å². The first-order valence-corrected chi connectivity index (χ1v) is 5.83. The Bertz CT molecular complexity index is 469. The molecule has 2 bridgehead atoms. The van der Waals surface area contributed by atoms with Crippen LogP contribution in [0.15, 0.2) is 36.4 Å². The highest BCUT2D eigenvalue weighted by atomic mass is 35.5. The molecule has 2 nitrogen and oxygen atoms in total. The van der Waals surface area contributed by atoms with E-state index in [4.69, 9.17) is 21.4 Å². The summed E-state index contributed by atoms with van der Waals surface area (Å²) in [5.41, 5.74) is 1.12. The molecule has 84 valence electrons. The molecule has 0 spiro atoms. The summed E-state index contributed by atoms with van der Waals surface area (Å²) < 4.78 is 0. The van der Waals surface area contributed by atoms with Crippen LogP contribution in [-0.4, -0.2) is 5.38 Å². The van der Waals surface area contributed by atoms with Crippen molar-refractivity contribution in [2.45, 2.75) is 30.4 Å². The SMILES string of the molecule is C[C@@H](Cl)[C@@]12C=C[C@@](C)(OO1)c1ccccc12. The van der Waals surface area contributed by atoms with Crippen molar-refractivity contribution in [2.24, 2.45) is 0 Å². The maximum atomic E-state index is 6.25. The minimum atomic E-state index is -0.643. The van der Waals surface area contributed by atoms with E-state index in [1.54, 1.807) is 0 Å². The van der Waals surface area contributed by atoms with E-state index in [9.17, 15) is 0 Å². The number of hydrogen-bond donors (Lipinski definition) is 0. The van der Waals surface area contributed by atoms with Crippen molar-refractivity contribution >= 4 is 11.6 Å². The van der Waals surface area contributed by atoms with Crippen LogP contribution >= 0.6 is 11.6 Å². The fourth-order valence-electron chi connectivity index (χ4n) is 2.43. The highest BCUT2D eigenvalue weighted by Gasteiger charge is 2.52. The standard InChI is InChI=1S/C13H13ClO2/c1-9(14)13-8-7-12(2,15-16-13)10-5-3-4-6-11(10)13/h3-9H,1-2H3/t9-,12-,13-/m1/s1. The Morgan fingerprint density at radius 1 is 1.12 bits per heavy atom. The van der Waals surface area contributed by atoms with Crippen LogP contribution in [0.3, 0.4) is 0 Å². The zero-order valence-corrected chi connectivity index (χ0v) is 9.99. The van der Waals surface area contributed by atoms with Crippen molar-refractivity contribution in [3.05, 3.63) is 47.5 Å². The molecule has 16 heavy (non-hydrogen) atoms. The molecule has 0 aromatic heterocycles. The lowest BCUT2D eigenvalue weighted by molar-refractivity contribution is -0.418. The summed E-state index contributed by atoms with van der Waals surface area (Å²) >= 11 is 6.25. The molecule has 0 fully saturated rings. The van der Waals surface area contributed by atoms with Gasteiger partial charge in [0.2, 0.25) is 0 Å². The maximum absolute atomic E-state index is 6.25. The Hall–Kier alpha value is -0.830. The normalized spacial score (nSPS) is 37.2. The second kappa shape index (κ2) is 3.10. The molecular weight excluding hydrogens is 224 g/mol. The lowest BCUT2D eigenvalue weighted by Gasteiger charge is -2.48. The highest BCUT2D eigenvalue weighted by molar-refractivity contribution is 6.21. The van der Waals surface area contributed by atoms with Gasteiger partial charge in [0.1, 0.15) is 5.60 Å². The topological polar surface area (TPSA) is 18.5 Å². The number of halogens is 1. The third-order valence-electron chi connectivity index (χ3n) is 3.48. The summed E-state index contributed by atoms with van der Waals surface area (Å²) in [6.07, 6.45) is 4.04. The number of alkyl halides is 1. The molecular formula is C13H13ClO2. The molecule has 2 heterocycles. The summed E-state index contributed by atoms with van der Waals surface area (Å²) in [5, 5.41) is -0.185. The third-order valence-corrected chi connectivity index (χ3v) is 3.80. The molecule has 0 unspecified atom stereocenters.